The highest BCUT2D eigenvalue weighted by Crippen LogP contribution is 2.42. The molecule has 27 heavy (non-hydrogen) atoms. The molecule has 1 aliphatic carbocycles. The van der Waals surface area contributed by atoms with Gasteiger partial charge in [-0.25, -0.2) is 0 Å². The van der Waals surface area contributed by atoms with E-state index in [1.54, 1.807) is 0 Å². The molecule has 2 aliphatic rings. The number of aryl methyl sites for hydroxylation is 1. The first-order chi connectivity index (χ1) is 13.2. The third-order valence-corrected chi connectivity index (χ3v) is 5.77. The Morgan fingerprint density at radius 3 is 2.59 bits per heavy atom. The van der Waals surface area contributed by atoms with E-state index in [-0.39, 0.29) is 12.0 Å². The van der Waals surface area contributed by atoms with Crippen LogP contribution >= 0.6 is 0 Å². The van der Waals surface area contributed by atoms with Gasteiger partial charge in [0.05, 0.1) is 12.5 Å². The van der Waals surface area contributed by atoms with Gasteiger partial charge in [-0.05, 0) is 67.9 Å². The van der Waals surface area contributed by atoms with Crippen LogP contribution in [0.5, 0.6) is 5.75 Å². The summed E-state index contributed by atoms with van der Waals surface area (Å²) in [6, 6.07) is 18.8. The molecule has 2 aromatic carbocycles. The Balaban J connectivity index is 1.29. The normalized spacial score (nSPS) is 24.4. The number of rotatable bonds is 7. The SMILES string of the molecule is O=C(O)C1CC1CCc1ccc(N2CCCC(Oc3ccccc3)C2)cc1. The average Bonchev–Trinajstić information content (AvgIpc) is 3.48. The monoisotopic (exact) mass is 365 g/mol. The van der Waals surface area contributed by atoms with Crippen LogP contribution in [-0.4, -0.2) is 30.3 Å². The van der Waals surface area contributed by atoms with E-state index in [2.05, 4.69) is 29.2 Å². The number of hydrogen-bond donors (Lipinski definition) is 1. The van der Waals surface area contributed by atoms with Crippen LogP contribution in [0.25, 0.3) is 0 Å². The number of ether oxygens (including phenoxy) is 1. The molecule has 0 radical (unpaired) electrons. The molecule has 142 valence electrons. The summed E-state index contributed by atoms with van der Waals surface area (Å²) in [5.74, 6) is 0.589. The average molecular weight is 365 g/mol. The fourth-order valence-corrected chi connectivity index (χ4v) is 4.05. The number of piperidine rings is 1. The molecule has 0 spiro atoms. The van der Waals surface area contributed by atoms with Crippen molar-refractivity contribution in [3.05, 3.63) is 60.2 Å². The number of carbonyl (C=O) groups is 1. The molecule has 1 saturated carbocycles. The van der Waals surface area contributed by atoms with E-state index < -0.39 is 5.97 Å². The lowest BCUT2D eigenvalue weighted by Gasteiger charge is -2.34. The van der Waals surface area contributed by atoms with Crippen molar-refractivity contribution in [2.75, 3.05) is 18.0 Å². The van der Waals surface area contributed by atoms with Crippen molar-refractivity contribution in [1.29, 1.82) is 0 Å². The molecule has 3 unspecified atom stereocenters. The van der Waals surface area contributed by atoms with Crippen LogP contribution in [0.15, 0.2) is 54.6 Å². The number of aliphatic carboxylic acids is 1. The number of carboxylic acids is 1. The molecule has 0 bridgehead atoms. The molecular formula is C23H27NO3. The van der Waals surface area contributed by atoms with E-state index in [1.807, 2.05) is 30.3 Å². The Morgan fingerprint density at radius 2 is 1.89 bits per heavy atom. The van der Waals surface area contributed by atoms with Crippen molar-refractivity contribution in [3.63, 3.8) is 0 Å². The van der Waals surface area contributed by atoms with Crippen LogP contribution in [-0.2, 0) is 11.2 Å². The van der Waals surface area contributed by atoms with Gasteiger partial charge in [0.15, 0.2) is 0 Å². The van der Waals surface area contributed by atoms with Gasteiger partial charge >= 0.3 is 5.97 Å². The van der Waals surface area contributed by atoms with Crippen molar-refractivity contribution in [2.45, 2.75) is 38.2 Å². The van der Waals surface area contributed by atoms with Gasteiger partial charge in [-0.3, -0.25) is 4.79 Å². The smallest absolute Gasteiger partial charge is 0.306 e. The lowest BCUT2D eigenvalue weighted by molar-refractivity contribution is -0.138. The number of para-hydroxylation sites is 1. The first kappa shape index (κ1) is 17.9. The first-order valence-corrected chi connectivity index (χ1v) is 9.97. The Bertz CT molecular complexity index is 759. The Labute approximate surface area is 160 Å². The molecule has 1 aliphatic heterocycles. The summed E-state index contributed by atoms with van der Waals surface area (Å²) in [6.07, 6.45) is 5.25. The Morgan fingerprint density at radius 1 is 1.11 bits per heavy atom. The number of anilines is 1. The van der Waals surface area contributed by atoms with Crippen LogP contribution in [0.2, 0.25) is 0 Å². The highest BCUT2D eigenvalue weighted by Gasteiger charge is 2.42. The zero-order chi connectivity index (χ0) is 18.6. The topological polar surface area (TPSA) is 49.8 Å². The number of carboxylic acid groups (broad SMARTS) is 1. The molecule has 2 aromatic rings. The summed E-state index contributed by atoms with van der Waals surface area (Å²) in [5, 5.41) is 9.00. The third kappa shape index (κ3) is 4.62. The fourth-order valence-electron chi connectivity index (χ4n) is 4.05. The summed E-state index contributed by atoms with van der Waals surface area (Å²) < 4.78 is 6.14. The zero-order valence-corrected chi connectivity index (χ0v) is 15.6. The van der Waals surface area contributed by atoms with Crippen LogP contribution in [0.1, 0.15) is 31.2 Å². The van der Waals surface area contributed by atoms with Crippen LogP contribution in [0, 0.1) is 11.8 Å². The predicted octanol–water partition coefficient (Wildman–Crippen LogP) is 4.39. The summed E-state index contributed by atoms with van der Waals surface area (Å²) in [7, 11) is 0. The molecular weight excluding hydrogens is 338 g/mol. The van der Waals surface area contributed by atoms with E-state index >= 15 is 0 Å². The number of hydrogen-bond acceptors (Lipinski definition) is 3. The molecule has 2 fully saturated rings. The summed E-state index contributed by atoms with van der Waals surface area (Å²) in [4.78, 5) is 13.3. The lowest BCUT2D eigenvalue weighted by atomic mass is 10.0. The predicted molar refractivity (Wildman–Crippen MR) is 106 cm³/mol. The maximum atomic E-state index is 10.9. The Kier molecular flexibility index (Phi) is 5.33. The minimum Gasteiger partial charge on any atom is -0.489 e. The second kappa shape index (κ2) is 8.03. The summed E-state index contributed by atoms with van der Waals surface area (Å²) in [6.45, 7) is 1.98. The van der Waals surface area contributed by atoms with Gasteiger partial charge in [0, 0.05) is 12.2 Å². The number of nitrogens with zero attached hydrogens (tertiary/aromatic N) is 1. The maximum absolute atomic E-state index is 10.9. The van der Waals surface area contributed by atoms with Gasteiger partial charge in [0.25, 0.3) is 0 Å². The number of benzene rings is 2. The molecule has 4 heteroatoms. The van der Waals surface area contributed by atoms with E-state index in [0.717, 1.165) is 50.9 Å². The molecule has 1 saturated heterocycles. The van der Waals surface area contributed by atoms with Gasteiger partial charge in [0.2, 0.25) is 0 Å². The van der Waals surface area contributed by atoms with Gasteiger partial charge < -0.3 is 14.7 Å². The van der Waals surface area contributed by atoms with E-state index in [1.165, 1.54) is 11.3 Å². The van der Waals surface area contributed by atoms with Crippen LogP contribution < -0.4 is 9.64 Å². The van der Waals surface area contributed by atoms with Crippen molar-refractivity contribution < 1.29 is 14.6 Å². The second-order valence-electron chi connectivity index (χ2n) is 7.79. The van der Waals surface area contributed by atoms with E-state index in [9.17, 15) is 4.79 Å². The van der Waals surface area contributed by atoms with E-state index in [0.29, 0.717) is 5.92 Å². The van der Waals surface area contributed by atoms with Crippen molar-refractivity contribution >= 4 is 11.7 Å². The van der Waals surface area contributed by atoms with E-state index in [4.69, 9.17) is 9.84 Å². The molecule has 0 aromatic heterocycles. The van der Waals surface area contributed by atoms with Crippen molar-refractivity contribution in [2.24, 2.45) is 11.8 Å². The zero-order valence-electron chi connectivity index (χ0n) is 15.6. The third-order valence-electron chi connectivity index (χ3n) is 5.77. The van der Waals surface area contributed by atoms with Crippen molar-refractivity contribution in [1.82, 2.24) is 0 Å². The molecule has 4 nitrogen and oxygen atoms in total. The molecule has 0 amide bonds. The molecule has 4 rings (SSSR count). The minimum absolute atomic E-state index is 0.0980. The van der Waals surface area contributed by atoms with Gasteiger partial charge in [-0.2, -0.15) is 0 Å². The second-order valence-corrected chi connectivity index (χ2v) is 7.79. The van der Waals surface area contributed by atoms with Gasteiger partial charge in [-0.15, -0.1) is 0 Å². The van der Waals surface area contributed by atoms with Gasteiger partial charge in [0.1, 0.15) is 11.9 Å². The summed E-state index contributed by atoms with van der Waals surface area (Å²) in [5.41, 5.74) is 2.54. The quantitative estimate of drug-likeness (QED) is 0.791. The Hall–Kier alpha value is -2.49. The molecule has 3 atom stereocenters. The highest BCUT2D eigenvalue weighted by molar-refractivity contribution is 5.73. The highest BCUT2D eigenvalue weighted by atomic mass is 16.5. The lowest BCUT2D eigenvalue weighted by Crippen LogP contribution is -2.41. The minimum atomic E-state index is -0.632. The van der Waals surface area contributed by atoms with Crippen LogP contribution in [0.3, 0.4) is 0 Å². The summed E-state index contributed by atoms with van der Waals surface area (Å²) >= 11 is 0. The largest absolute Gasteiger partial charge is 0.489 e. The van der Waals surface area contributed by atoms with Crippen LogP contribution in [0.4, 0.5) is 5.69 Å². The van der Waals surface area contributed by atoms with Crippen molar-refractivity contribution in [3.8, 4) is 5.75 Å². The standard InChI is InChI=1S/C23H27NO3/c25-23(26)22-15-18(22)11-8-17-9-12-19(13-10-17)24-14-4-7-21(16-24)27-20-5-2-1-3-6-20/h1-3,5-6,9-10,12-13,18,21-22H,4,7-8,11,14-16H2,(H,25,26). The first-order valence-electron chi connectivity index (χ1n) is 9.97. The molecule has 1 heterocycles. The van der Waals surface area contributed by atoms with Gasteiger partial charge in [-0.1, -0.05) is 30.3 Å². The maximum Gasteiger partial charge on any atom is 0.306 e. The molecule has 1 N–H and O–H groups in total. The fraction of sp³-hybridized carbons (Fsp3) is 0.435.